The second-order valence-corrected chi connectivity index (χ2v) is 18.2. The van der Waals surface area contributed by atoms with E-state index < -0.39 is 32.0 Å². The lowest BCUT2D eigenvalue weighted by Gasteiger charge is -2.39. The fourth-order valence-electron chi connectivity index (χ4n) is 8.38. The van der Waals surface area contributed by atoms with Crippen molar-refractivity contribution in [3.8, 4) is 5.75 Å². The van der Waals surface area contributed by atoms with Gasteiger partial charge < -0.3 is 29.1 Å². The van der Waals surface area contributed by atoms with E-state index in [0.717, 1.165) is 23.8 Å². The van der Waals surface area contributed by atoms with Crippen LogP contribution >= 0.6 is 0 Å². The molecule has 2 aromatic rings. The van der Waals surface area contributed by atoms with Crippen LogP contribution in [0, 0.1) is 5.92 Å². The summed E-state index contributed by atoms with van der Waals surface area (Å²) in [6.45, 7) is 8.36. The molecule has 11 nitrogen and oxygen atoms in total. The average molecular weight is 650 g/mol. The normalized spacial score (nSPS) is 28.9. The molecule has 2 aromatic carbocycles. The van der Waals surface area contributed by atoms with E-state index in [1.165, 1.54) is 11.8 Å². The van der Waals surface area contributed by atoms with E-state index in [-0.39, 0.29) is 54.7 Å². The predicted molar refractivity (Wildman–Crippen MR) is 174 cm³/mol. The quantitative estimate of drug-likeness (QED) is 0.263. The molecule has 0 bridgehead atoms. The second kappa shape index (κ2) is 11.8. The Hall–Kier alpha value is -3.74. The molecule has 3 fully saturated rings. The summed E-state index contributed by atoms with van der Waals surface area (Å²) in [4.78, 5) is 57.5. The van der Waals surface area contributed by atoms with E-state index in [4.69, 9.17) is 14.2 Å². The van der Waals surface area contributed by atoms with Gasteiger partial charge >= 0.3 is 5.97 Å². The summed E-state index contributed by atoms with van der Waals surface area (Å²) in [5, 5.41) is 11.1. The lowest BCUT2D eigenvalue weighted by molar-refractivity contribution is -0.154. The number of fused-ring (bicyclic) bond motifs is 2. The van der Waals surface area contributed by atoms with Crippen molar-refractivity contribution in [2.45, 2.75) is 82.1 Å². The van der Waals surface area contributed by atoms with Crippen LogP contribution in [0.2, 0.25) is 18.6 Å². The highest BCUT2D eigenvalue weighted by Crippen LogP contribution is 2.60. The molecule has 1 spiro atoms. The molecule has 3 saturated heterocycles. The van der Waals surface area contributed by atoms with Gasteiger partial charge in [0, 0.05) is 37.7 Å². The Bertz CT molecular complexity index is 1560. The molecular formula is C34H43N3O8Si. The van der Waals surface area contributed by atoms with Gasteiger partial charge in [0.25, 0.3) is 5.91 Å². The van der Waals surface area contributed by atoms with E-state index in [2.05, 4.69) is 25.2 Å². The van der Waals surface area contributed by atoms with E-state index >= 15 is 0 Å². The summed E-state index contributed by atoms with van der Waals surface area (Å²) in [5.74, 6) is -0.546. The van der Waals surface area contributed by atoms with Crippen molar-refractivity contribution in [1.82, 2.24) is 4.90 Å². The number of hydrogen-bond acceptors (Lipinski definition) is 8. The number of methoxy groups -OCH3 is 1. The number of likely N-dealkylation sites (tertiary alicyclic amines) is 1. The van der Waals surface area contributed by atoms with Gasteiger partial charge in [-0.15, -0.1) is 0 Å². The van der Waals surface area contributed by atoms with Crippen LogP contribution in [-0.2, 0) is 34.3 Å². The fraction of sp³-hybridized carbons (Fsp3) is 0.529. The molecule has 246 valence electrons. The van der Waals surface area contributed by atoms with Crippen LogP contribution < -0.4 is 19.7 Å². The molecule has 3 amide bonds. The molecule has 4 aliphatic heterocycles. The summed E-state index contributed by atoms with van der Waals surface area (Å²) in [5.41, 5.74) is 0.294. The number of rotatable bonds is 8. The SMILES string of the molecule is COc1ccc([Si](C)(C)[C@@H]2[C@@H](CC(=O)N3CCC[C@H]3CO)O[C@]3(C(=O)N(C)c4ccc(N5C(=O)CC5OC(C)=O)cc43)[C@H]2C)cc1. The Kier molecular flexibility index (Phi) is 8.27. The van der Waals surface area contributed by atoms with Crippen LogP contribution in [-0.4, -0.2) is 87.5 Å². The summed E-state index contributed by atoms with van der Waals surface area (Å²) in [6, 6.07) is 13.2. The number of benzene rings is 2. The van der Waals surface area contributed by atoms with Gasteiger partial charge in [0.05, 0.1) is 52.5 Å². The second-order valence-electron chi connectivity index (χ2n) is 13.5. The van der Waals surface area contributed by atoms with Crippen LogP contribution in [0.3, 0.4) is 0 Å². The van der Waals surface area contributed by atoms with Crippen molar-refractivity contribution < 1.29 is 38.5 Å². The molecule has 1 unspecified atom stereocenters. The molecule has 0 aromatic heterocycles. The van der Waals surface area contributed by atoms with Gasteiger partial charge in [-0.1, -0.05) is 37.3 Å². The number of likely N-dealkylation sites (N-methyl/N-ethyl adjacent to an activating group) is 1. The van der Waals surface area contributed by atoms with Crippen LogP contribution in [0.15, 0.2) is 42.5 Å². The zero-order valence-corrected chi connectivity index (χ0v) is 28.3. The summed E-state index contributed by atoms with van der Waals surface area (Å²) < 4.78 is 17.8. The van der Waals surface area contributed by atoms with Gasteiger partial charge in [0.2, 0.25) is 11.8 Å². The van der Waals surface area contributed by atoms with Crippen molar-refractivity contribution in [3.63, 3.8) is 0 Å². The van der Waals surface area contributed by atoms with Gasteiger partial charge in [0.1, 0.15) is 5.75 Å². The van der Waals surface area contributed by atoms with E-state index in [1.54, 1.807) is 36.1 Å². The summed E-state index contributed by atoms with van der Waals surface area (Å²) in [7, 11) is 0.878. The summed E-state index contributed by atoms with van der Waals surface area (Å²) >= 11 is 0. The molecule has 12 heteroatoms. The zero-order valence-electron chi connectivity index (χ0n) is 27.3. The standard InChI is InChI=1S/C34H43N3O8Si/c1-20-32(46(5,6)25-12-10-24(43-4)11-13-25)28(17-29(40)36-15-7-8-23(36)19-38)45-34(20)26-16-22(9-14-27(26)35(3)33(34)42)37-30(41)18-31(37)44-21(2)39/h9-14,16,20,23,28,31-32,38H,7-8,15,17-19H2,1-6H3/t20-,23-,28+,31?,32-,34+/m0/s1. The number of carbonyl (C=O) groups is 4. The smallest absolute Gasteiger partial charge is 0.304 e. The monoisotopic (exact) mass is 649 g/mol. The lowest BCUT2D eigenvalue weighted by Crippen LogP contribution is -2.55. The predicted octanol–water partition coefficient (Wildman–Crippen LogP) is 2.89. The Morgan fingerprint density at radius 2 is 1.85 bits per heavy atom. The average Bonchev–Trinajstić information content (AvgIpc) is 3.67. The molecule has 0 aliphatic carbocycles. The number of aliphatic hydroxyl groups is 1. The molecule has 46 heavy (non-hydrogen) atoms. The number of hydrogen-bond donors (Lipinski definition) is 1. The minimum absolute atomic E-state index is 0.0847. The molecule has 4 heterocycles. The minimum Gasteiger partial charge on any atom is -0.497 e. The third-order valence-corrected chi connectivity index (χ3v) is 15.1. The third-order valence-electron chi connectivity index (χ3n) is 10.7. The maximum Gasteiger partial charge on any atom is 0.304 e. The van der Waals surface area contributed by atoms with Crippen molar-refractivity contribution in [1.29, 1.82) is 0 Å². The number of aliphatic hydroxyl groups excluding tert-OH is 1. The van der Waals surface area contributed by atoms with Crippen molar-refractivity contribution in [2.75, 3.05) is 37.1 Å². The Labute approximate surface area is 270 Å². The third kappa shape index (κ3) is 4.92. The molecule has 1 N–H and O–H groups in total. The van der Waals surface area contributed by atoms with Crippen LogP contribution in [0.1, 0.15) is 45.1 Å². The van der Waals surface area contributed by atoms with E-state index in [1.807, 2.05) is 25.1 Å². The van der Waals surface area contributed by atoms with Crippen LogP contribution in [0.25, 0.3) is 0 Å². The Balaban J connectivity index is 1.43. The van der Waals surface area contributed by atoms with Gasteiger partial charge in [-0.25, -0.2) is 0 Å². The van der Waals surface area contributed by atoms with Crippen LogP contribution in [0.4, 0.5) is 11.4 Å². The molecule has 0 radical (unpaired) electrons. The minimum atomic E-state index is -2.47. The zero-order chi connectivity index (χ0) is 33.1. The van der Waals surface area contributed by atoms with Gasteiger partial charge in [-0.05, 0) is 48.7 Å². The topological polar surface area (TPSA) is 126 Å². The highest BCUT2D eigenvalue weighted by Gasteiger charge is 2.66. The maximum atomic E-state index is 14.4. The largest absolute Gasteiger partial charge is 0.497 e. The molecule has 6 rings (SSSR count). The molecule has 0 saturated carbocycles. The van der Waals surface area contributed by atoms with Crippen molar-refractivity contribution >= 4 is 48.3 Å². The molecule has 4 aliphatic rings. The first-order valence-corrected chi connectivity index (χ1v) is 19.1. The molecule has 6 atom stereocenters. The maximum absolute atomic E-state index is 14.4. The first kappa shape index (κ1) is 32.2. The number of esters is 1. The van der Waals surface area contributed by atoms with E-state index in [9.17, 15) is 24.3 Å². The van der Waals surface area contributed by atoms with E-state index in [0.29, 0.717) is 23.5 Å². The first-order chi connectivity index (χ1) is 21.8. The number of amides is 3. The number of anilines is 2. The highest BCUT2D eigenvalue weighted by atomic mass is 28.3. The lowest BCUT2D eigenvalue weighted by atomic mass is 9.82. The Morgan fingerprint density at radius 1 is 1.13 bits per heavy atom. The summed E-state index contributed by atoms with van der Waals surface area (Å²) in [6.07, 6.45) is 0.485. The number of β-lactam (4-membered cyclic amide) rings is 1. The van der Waals surface area contributed by atoms with Crippen LogP contribution in [0.5, 0.6) is 5.75 Å². The number of carbonyl (C=O) groups excluding carboxylic acids is 4. The van der Waals surface area contributed by atoms with Gasteiger partial charge in [-0.3, -0.25) is 24.1 Å². The van der Waals surface area contributed by atoms with Crippen molar-refractivity contribution in [3.05, 3.63) is 48.0 Å². The van der Waals surface area contributed by atoms with Gasteiger partial charge in [-0.2, -0.15) is 0 Å². The number of nitrogens with zero attached hydrogens (tertiary/aromatic N) is 3. The molecular weight excluding hydrogens is 606 g/mol. The van der Waals surface area contributed by atoms with Gasteiger partial charge in [0.15, 0.2) is 11.8 Å². The number of ether oxygens (including phenoxy) is 3. The Morgan fingerprint density at radius 3 is 2.48 bits per heavy atom. The fourth-order valence-corrected chi connectivity index (χ4v) is 12.4. The van der Waals surface area contributed by atoms with Crippen molar-refractivity contribution in [2.24, 2.45) is 5.92 Å². The highest BCUT2D eigenvalue weighted by molar-refractivity contribution is 6.91. The first-order valence-electron chi connectivity index (χ1n) is 16.0.